The fourth-order valence-electron chi connectivity index (χ4n) is 2.54. The average Bonchev–Trinajstić information content (AvgIpc) is 2.69. The van der Waals surface area contributed by atoms with Crippen LogP contribution < -0.4 is 14.4 Å². The van der Waals surface area contributed by atoms with Gasteiger partial charge in [0.1, 0.15) is 25.5 Å². The van der Waals surface area contributed by atoms with Gasteiger partial charge in [0.05, 0.1) is 0 Å². The van der Waals surface area contributed by atoms with E-state index in [0.29, 0.717) is 5.75 Å². The zero-order chi connectivity index (χ0) is 20.1. The van der Waals surface area contributed by atoms with E-state index in [1.165, 1.54) is 19.1 Å². The molecule has 1 aromatic carbocycles. The van der Waals surface area contributed by atoms with Crippen molar-refractivity contribution in [3.63, 3.8) is 0 Å². The lowest BCUT2D eigenvalue weighted by atomic mass is 10.2. The summed E-state index contributed by atoms with van der Waals surface area (Å²) in [5, 5.41) is 10.9. The zero-order valence-electron chi connectivity index (χ0n) is 14.9. The fourth-order valence-corrected chi connectivity index (χ4v) is 2.54. The molecule has 28 heavy (non-hydrogen) atoms. The highest BCUT2D eigenvalue weighted by molar-refractivity contribution is 6.02. The summed E-state index contributed by atoms with van der Waals surface area (Å²) in [4.78, 5) is 39.6. The van der Waals surface area contributed by atoms with Crippen molar-refractivity contribution in [1.29, 1.82) is 0 Å². The monoisotopic (exact) mass is 387 g/mol. The van der Waals surface area contributed by atoms with Crippen LogP contribution in [0, 0.1) is 10.1 Å². The predicted molar refractivity (Wildman–Crippen MR) is 96.2 cm³/mol. The molecule has 0 saturated carbocycles. The lowest BCUT2D eigenvalue weighted by molar-refractivity contribution is -0.389. The number of esters is 1. The van der Waals surface area contributed by atoms with E-state index in [4.69, 9.17) is 14.2 Å². The number of amides is 1. The van der Waals surface area contributed by atoms with Gasteiger partial charge in [0.25, 0.3) is 11.7 Å². The molecule has 3 rings (SSSR count). The van der Waals surface area contributed by atoms with Crippen LogP contribution in [0.25, 0.3) is 0 Å². The van der Waals surface area contributed by atoms with Crippen molar-refractivity contribution < 1.29 is 28.7 Å². The van der Waals surface area contributed by atoms with Crippen LogP contribution in [0.2, 0.25) is 0 Å². The fraction of sp³-hybridized carbons (Fsp3) is 0.278. The maximum absolute atomic E-state index is 12.4. The summed E-state index contributed by atoms with van der Waals surface area (Å²) < 4.78 is 15.9. The molecule has 0 aliphatic carbocycles. The van der Waals surface area contributed by atoms with Gasteiger partial charge >= 0.3 is 11.8 Å². The summed E-state index contributed by atoms with van der Waals surface area (Å²) in [6.45, 7) is 1.19. The highest BCUT2D eigenvalue weighted by atomic mass is 16.6. The third kappa shape index (κ3) is 4.34. The predicted octanol–water partition coefficient (Wildman–Crippen LogP) is 1.73. The van der Waals surface area contributed by atoms with Crippen molar-refractivity contribution in [2.24, 2.45) is 0 Å². The summed E-state index contributed by atoms with van der Waals surface area (Å²) in [7, 11) is 0. The quantitative estimate of drug-likeness (QED) is 0.305. The first-order chi connectivity index (χ1) is 13.5. The number of benzene rings is 1. The molecule has 0 N–H and O–H groups in total. The molecule has 10 nitrogen and oxygen atoms in total. The molecule has 146 valence electrons. The second-order valence-corrected chi connectivity index (χ2v) is 5.81. The number of pyridine rings is 1. The normalized spacial score (nSPS) is 15.4. The summed E-state index contributed by atoms with van der Waals surface area (Å²) >= 11 is 0. The minimum atomic E-state index is -0.857. The second kappa shape index (κ2) is 8.33. The molecule has 0 radical (unpaired) electrons. The van der Waals surface area contributed by atoms with Gasteiger partial charge in [-0.05, 0) is 35.0 Å². The van der Waals surface area contributed by atoms with Crippen LogP contribution in [0.3, 0.4) is 0 Å². The van der Waals surface area contributed by atoms with E-state index in [0.717, 1.165) is 4.90 Å². The van der Waals surface area contributed by atoms with Gasteiger partial charge in [-0.25, -0.2) is 0 Å². The number of hydrogen-bond donors (Lipinski definition) is 0. The van der Waals surface area contributed by atoms with Crippen LogP contribution in [0.4, 0.5) is 11.6 Å². The number of carbonyl (C=O) groups excluding carboxylic acids is 2. The van der Waals surface area contributed by atoms with Crippen LogP contribution >= 0.6 is 0 Å². The summed E-state index contributed by atoms with van der Waals surface area (Å²) in [6, 6.07) is 11.5. The van der Waals surface area contributed by atoms with Gasteiger partial charge in [0.2, 0.25) is 0 Å². The Morgan fingerprint density at radius 2 is 2.00 bits per heavy atom. The number of para-hydroxylation sites is 1. The molecule has 0 bridgehead atoms. The maximum atomic E-state index is 12.4. The first-order valence-electron chi connectivity index (χ1n) is 8.42. The minimum Gasteiger partial charge on any atom is -0.490 e. The van der Waals surface area contributed by atoms with Crippen LogP contribution in [0.15, 0.2) is 42.5 Å². The van der Waals surface area contributed by atoms with Crippen LogP contribution in [-0.2, 0) is 14.3 Å². The smallest absolute Gasteiger partial charge is 0.366 e. The van der Waals surface area contributed by atoms with Crippen molar-refractivity contribution in [3.8, 4) is 11.5 Å². The maximum Gasteiger partial charge on any atom is 0.366 e. The largest absolute Gasteiger partial charge is 0.490 e. The molecule has 1 atom stereocenters. The Morgan fingerprint density at radius 1 is 1.25 bits per heavy atom. The standard InChI is InChI=1S/C18H17N3O7/c1-12-18(23)20(17-14(28-12)7-8-15(19-17)21(24)25)11-16(22)27-10-9-26-13-5-3-2-4-6-13/h2-8,12H,9-11H2,1H3. The third-order valence-corrected chi connectivity index (χ3v) is 3.83. The number of nitro groups is 1. The van der Waals surface area contributed by atoms with Gasteiger partial charge in [-0.2, -0.15) is 0 Å². The van der Waals surface area contributed by atoms with Crippen molar-refractivity contribution in [3.05, 3.63) is 52.6 Å². The Labute approximate surface area is 159 Å². The van der Waals surface area contributed by atoms with E-state index >= 15 is 0 Å². The molecule has 0 fully saturated rings. The van der Waals surface area contributed by atoms with E-state index in [9.17, 15) is 19.7 Å². The lowest BCUT2D eigenvalue weighted by Crippen LogP contribution is -2.47. The molecule has 0 spiro atoms. The van der Waals surface area contributed by atoms with Gasteiger partial charge in [-0.15, -0.1) is 0 Å². The molecule has 1 unspecified atom stereocenters. The SMILES string of the molecule is CC1Oc2ccc([N+](=O)[O-])nc2N(CC(=O)OCCOc2ccccc2)C1=O. The molecule has 1 amide bonds. The summed E-state index contributed by atoms with van der Waals surface area (Å²) in [6.07, 6.45) is -0.857. The minimum absolute atomic E-state index is 0.0168. The van der Waals surface area contributed by atoms with E-state index in [-0.39, 0.29) is 24.8 Å². The van der Waals surface area contributed by atoms with Crippen molar-refractivity contribution in [1.82, 2.24) is 4.98 Å². The Bertz CT molecular complexity index is 888. The Morgan fingerprint density at radius 3 is 2.71 bits per heavy atom. The summed E-state index contributed by atoms with van der Waals surface area (Å²) in [5.74, 6) is -0.968. The molecule has 1 aliphatic heterocycles. The number of hydrogen-bond acceptors (Lipinski definition) is 8. The van der Waals surface area contributed by atoms with Gasteiger partial charge in [0, 0.05) is 6.07 Å². The van der Waals surface area contributed by atoms with E-state index in [2.05, 4.69) is 4.98 Å². The number of ether oxygens (including phenoxy) is 3. The molecule has 2 heterocycles. The Balaban J connectivity index is 1.62. The number of nitrogens with zero attached hydrogens (tertiary/aromatic N) is 3. The molecular weight excluding hydrogens is 370 g/mol. The second-order valence-electron chi connectivity index (χ2n) is 5.81. The van der Waals surface area contributed by atoms with Crippen LogP contribution in [0.5, 0.6) is 11.5 Å². The number of carbonyl (C=O) groups is 2. The molecule has 1 aromatic heterocycles. The average molecular weight is 387 g/mol. The van der Waals surface area contributed by atoms with E-state index in [1.807, 2.05) is 18.2 Å². The third-order valence-electron chi connectivity index (χ3n) is 3.83. The van der Waals surface area contributed by atoms with Crippen LogP contribution in [-0.4, -0.2) is 47.6 Å². The number of anilines is 1. The highest BCUT2D eigenvalue weighted by Crippen LogP contribution is 2.33. The van der Waals surface area contributed by atoms with Gasteiger partial charge in [0.15, 0.2) is 11.9 Å². The summed E-state index contributed by atoms with van der Waals surface area (Å²) in [5.41, 5.74) is 0. The van der Waals surface area contributed by atoms with Crippen molar-refractivity contribution >= 4 is 23.5 Å². The molecule has 10 heteroatoms. The molecule has 1 aliphatic rings. The number of aromatic nitrogens is 1. The first kappa shape index (κ1) is 19.1. The first-order valence-corrected chi connectivity index (χ1v) is 8.42. The van der Waals surface area contributed by atoms with Crippen LogP contribution in [0.1, 0.15) is 6.92 Å². The van der Waals surface area contributed by atoms with Gasteiger partial charge < -0.3 is 24.3 Å². The van der Waals surface area contributed by atoms with Crippen molar-refractivity contribution in [2.45, 2.75) is 13.0 Å². The molecular formula is C18H17N3O7. The molecule has 0 saturated heterocycles. The molecule has 2 aromatic rings. The van der Waals surface area contributed by atoms with Crippen molar-refractivity contribution in [2.75, 3.05) is 24.7 Å². The lowest BCUT2D eigenvalue weighted by Gasteiger charge is -2.28. The zero-order valence-corrected chi connectivity index (χ0v) is 14.9. The Hall–Kier alpha value is -3.69. The van der Waals surface area contributed by atoms with Gasteiger partial charge in [-0.1, -0.05) is 18.2 Å². The number of fused-ring (bicyclic) bond motifs is 1. The van der Waals surface area contributed by atoms with Gasteiger partial charge in [-0.3, -0.25) is 14.5 Å². The van der Waals surface area contributed by atoms with E-state index < -0.39 is 35.3 Å². The Kier molecular flexibility index (Phi) is 5.68. The number of rotatable bonds is 7. The highest BCUT2D eigenvalue weighted by Gasteiger charge is 2.38. The van der Waals surface area contributed by atoms with E-state index in [1.54, 1.807) is 12.1 Å². The topological polar surface area (TPSA) is 121 Å².